The molecule has 4 heteroatoms. The highest BCUT2D eigenvalue weighted by molar-refractivity contribution is 5.51. The zero-order valence-corrected chi connectivity index (χ0v) is 8.71. The molecule has 0 radical (unpaired) electrons. The number of rotatable bonds is 2. The van der Waals surface area contributed by atoms with Gasteiger partial charge in [0.25, 0.3) is 0 Å². The fourth-order valence-corrected chi connectivity index (χ4v) is 1.54. The smallest absolute Gasteiger partial charge is 0.231 e. The van der Waals surface area contributed by atoms with Crippen LogP contribution < -0.4 is 9.47 Å². The molecule has 1 N–H and O–H groups in total. The number of halogens is 1. The van der Waals surface area contributed by atoms with Crippen molar-refractivity contribution in [3.8, 4) is 11.5 Å². The molecule has 0 aliphatic carbocycles. The lowest BCUT2D eigenvalue weighted by Gasteiger charge is -2.16. The Morgan fingerprint density at radius 2 is 2.13 bits per heavy atom. The molecule has 0 saturated carbocycles. The first-order chi connectivity index (χ1) is 7.02. The fourth-order valence-electron chi connectivity index (χ4n) is 1.54. The maximum Gasteiger partial charge on any atom is 0.231 e. The molecule has 2 rings (SSSR count). The summed E-state index contributed by atoms with van der Waals surface area (Å²) in [4.78, 5) is 0. The van der Waals surface area contributed by atoms with Crippen LogP contribution in [-0.2, 0) is 12.3 Å². The highest BCUT2D eigenvalue weighted by Gasteiger charge is 2.25. The SMILES string of the molecule is CC(C)(F)c1cc(CO)c2c(c1)OCO2. The largest absolute Gasteiger partial charge is 0.454 e. The summed E-state index contributed by atoms with van der Waals surface area (Å²) in [6.45, 7) is 2.87. The summed E-state index contributed by atoms with van der Waals surface area (Å²) < 4.78 is 24.1. The van der Waals surface area contributed by atoms with Gasteiger partial charge in [-0.2, -0.15) is 0 Å². The highest BCUT2D eigenvalue weighted by Crippen LogP contribution is 2.40. The fraction of sp³-hybridized carbons (Fsp3) is 0.455. The van der Waals surface area contributed by atoms with Gasteiger partial charge in [0.15, 0.2) is 11.5 Å². The van der Waals surface area contributed by atoms with Gasteiger partial charge >= 0.3 is 0 Å². The van der Waals surface area contributed by atoms with Crippen molar-refractivity contribution in [3.05, 3.63) is 23.3 Å². The second kappa shape index (κ2) is 3.38. The van der Waals surface area contributed by atoms with E-state index in [1.807, 2.05) is 0 Å². The molecule has 0 saturated heterocycles. The molecule has 0 amide bonds. The van der Waals surface area contributed by atoms with Crippen LogP contribution in [0.4, 0.5) is 4.39 Å². The Balaban J connectivity index is 2.53. The Kier molecular flexibility index (Phi) is 2.31. The van der Waals surface area contributed by atoms with Gasteiger partial charge in [-0.25, -0.2) is 4.39 Å². The Bertz CT molecular complexity index is 382. The Hall–Kier alpha value is -1.29. The van der Waals surface area contributed by atoms with Gasteiger partial charge in [0.1, 0.15) is 5.67 Å². The zero-order chi connectivity index (χ0) is 11.1. The number of benzene rings is 1. The quantitative estimate of drug-likeness (QED) is 0.816. The van der Waals surface area contributed by atoms with Gasteiger partial charge in [0.05, 0.1) is 6.61 Å². The lowest BCUT2D eigenvalue weighted by atomic mass is 9.97. The van der Waals surface area contributed by atoms with Crippen molar-refractivity contribution in [2.45, 2.75) is 26.1 Å². The number of aliphatic hydroxyl groups is 1. The topological polar surface area (TPSA) is 38.7 Å². The first-order valence-electron chi connectivity index (χ1n) is 4.75. The zero-order valence-electron chi connectivity index (χ0n) is 8.71. The number of fused-ring (bicyclic) bond motifs is 1. The average molecular weight is 212 g/mol. The van der Waals surface area contributed by atoms with Crippen molar-refractivity contribution in [1.82, 2.24) is 0 Å². The average Bonchev–Trinajstić information content (AvgIpc) is 2.62. The maximum atomic E-state index is 13.7. The van der Waals surface area contributed by atoms with E-state index < -0.39 is 5.67 Å². The van der Waals surface area contributed by atoms with Gasteiger partial charge in [0, 0.05) is 5.56 Å². The minimum Gasteiger partial charge on any atom is -0.454 e. The second-order valence-electron chi connectivity index (χ2n) is 4.00. The molecule has 0 spiro atoms. The molecule has 1 aliphatic heterocycles. The summed E-state index contributed by atoms with van der Waals surface area (Å²) in [5, 5.41) is 9.13. The molecule has 82 valence electrons. The summed E-state index contributed by atoms with van der Waals surface area (Å²) in [6, 6.07) is 3.22. The molecule has 0 unspecified atom stereocenters. The van der Waals surface area contributed by atoms with Crippen molar-refractivity contribution in [2.75, 3.05) is 6.79 Å². The van der Waals surface area contributed by atoms with E-state index in [1.165, 1.54) is 13.8 Å². The van der Waals surface area contributed by atoms with Gasteiger partial charge in [-0.3, -0.25) is 0 Å². The van der Waals surface area contributed by atoms with Crippen LogP contribution >= 0.6 is 0 Å². The Morgan fingerprint density at radius 1 is 1.40 bits per heavy atom. The van der Waals surface area contributed by atoms with Crippen LogP contribution in [0.15, 0.2) is 12.1 Å². The molecule has 0 atom stereocenters. The second-order valence-corrected chi connectivity index (χ2v) is 4.00. The van der Waals surface area contributed by atoms with Crippen molar-refractivity contribution >= 4 is 0 Å². The minimum absolute atomic E-state index is 0.124. The van der Waals surface area contributed by atoms with Gasteiger partial charge in [-0.05, 0) is 31.5 Å². The lowest BCUT2D eigenvalue weighted by molar-refractivity contribution is 0.171. The lowest BCUT2D eigenvalue weighted by Crippen LogP contribution is -2.09. The maximum absolute atomic E-state index is 13.7. The van der Waals surface area contributed by atoms with Crippen molar-refractivity contribution in [2.24, 2.45) is 0 Å². The van der Waals surface area contributed by atoms with Crippen molar-refractivity contribution < 1.29 is 19.0 Å². The Morgan fingerprint density at radius 3 is 2.73 bits per heavy atom. The van der Waals surface area contributed by atoms with Crippen LogP contribution in [0, 0.1) is 0 Å². The standard InChI is InChI=1S/C11H13FO3/c1-11(2,12)8-3-7(5-13)10-9(4-8)14-6-15-10/h3-4,13H,5-6H2,1-2H3. The molecule has 1 aromatic carbocycles. The molecule has 1 aliphatic rings. The van der Waals surface area contributed by atoms with Crippen LogP contribution in [0.1, 0.15) is 25.0 Å². The first kappa shape index (κ1) is 10.2. The van der Waals surface area contributed by atoms with Gasteiger partial charge in [-0.1, -0.05) is 0 Å². The summed E-state index contributed by atoms with van der Waals surface area (Å²) >= 11 is 0. The molecular weight excluding hydrogens is 199 g/mol. The number of hydrogen-bond donors (Lipinski definition) is 1. The van der Waals surface area contributed by atoms with Crippen LogP contribution in [0.3, 0.4) is 0 Å². The molecule has 0 aromatic heterocycles. The third-order valence-electron chi connectivity index (χ3n) is 2.41. The van der Waals surface area contributed by atoms with Crippen LogP contribution in [-0.4, -0.2) is 11.9 Å². The summed E-state index contributed by atoms with van der Waals surface area (Å²) in [5.74, 6) is 1.02. The van der Waals surface area contributed by atoms with Crippen LogP contribution in [0.5, 0.6) is 11.5 Å². The molecular formula is C11H13FO3. The first-order valence-corrected chi connectivity index (χ1v) is 4.75. The van der Waals surface area contributed by atoms with E-state index in [9.17, 15) is 4.39 Å². The molecule has 0 bridgehead atoms. The number of alkyl halides is 1. The molecule has 0 fully saturated rings. The third-order valence-corrected chi connectivity index (χ3v) is 2.41. The van der Waals surface area contributed by atoms with Gasteiger partial charge in [-0.15, -0.1) is 0 Å². The van der Waals surface area contributed by atoms with E-state index in [-0.39, 0.29) is 13.4 Å². The van der Waals surface area contributed by atoms with Crippen molar-refractivity contribution in [1.29, 1.82) is 0 Å². The minimum atomic E-state index is -1.45. The van der Waals surface area contributed by atoms with Crippen molar-refractivity contribution in [3.63, 3.8) is 0 Å². The van der Waals surface area contributed by atoms with E-state index in [1.54, 1.807) is 12.1 Å². The molecule has 1 heterocycles. The third kappa shape index (κ3) is 1.77. The van der Waals surface area contributed by atoms with E-state index in [0.717, 1.165) is 0 Å². The van der Waals surface area contributed by atoms with Crippen LogP contribution in [0.2, 0.25) is 0 Å². The highest BCUT2D eigenvalue weighted by atomic mass is 19.1. The number of aliphatic hydroxyl groups excluding tert-OH is 1. The Labute approximate surface area is 87.4 Å². The van der Waals surface area contributed by atoms with E-state index in [0.29, 0.717) is 22.6 Å². The summed E-state index contributed by atoms with van der Waals surface area (Å²) in [5.41, 5.74) is -0.410. The number of ether oxygens (including phenoxy) is 2. The van der Waals surface area contributed by atoms with Crippen LogP contribution in [0.25, 0.3) is 0 Å². The summed E-state index contributed by atoms with van der Waals surface area (Å²) in [6.07, 6.45) is 0. The summed E-state index contributed by atoms with van der Waals surface area (Å²) in [7, 11) is 0. The van der Waals surface area contributed by atoms with Gasteiger partial charge < -0.3 is 14.6 Å². The number of hydrogen-bond acceptors (Lipinski definition) is 3. The normalized spacial score (nSPS) is 14.4. The monoisotopic (exact) mass is 212 g/mol. The molecule has 1 aromatic rings. The van der Waals surface area contributed by atoms with E-state index in [4.69, 9.17) is 14.6 Å². The van der Waals surface area contributed by atoms with E-state index >= 15 is 0 Å². The predicted molar refractivity (Wildman–Crippen MR) is 52.6 cm³/mol. The van der Waals surface area contributed by atoms with E-state index in [2.05, 4.69) is 0 Å². The predicted octanol–water partition coefficient (Wildman–Crippen LogP) is 2.11. The molecule has 3 nitrogen and oxygen atoms in total. The molecule has 15 heavy (non-hydrogen) atoms. The van der Waals surface area contributed by atoms with Gasteiger partial charge in [0.2, 0.25) is 6.79 Å².